The van der Waals surface area contributed by atoms with Crippen LogP contribution in [0.3, 0.4) is 0 Å². The number of hydrogen-bond donors (Lipinski definition) is 1. The van der Waals surface area contributed by atoms with Gasteiger partial charge in [-0.2, -0.15) is 13.2 Å². The van der Waals surface area contributed by atoms with Gasteiger partial charge >= 0.3 is 12.1 Å². The number of carbonyl (C=O) groups excluding carboxylic acids is 1. The van der Waals surface area contributed by atoms with Crippen LogP contribution in [0.15, 0.2) is 0 Å². The summed E-state index contributed by atoms with van der Waals surface area (Å²) in [5.41, 5.74) is -3.33. The summed E-state index contributed by atoms with van der Waals surface area (Å²) in [4.78, 5) is 24.3. The van der Waals surface area contributed by atoms with E-state index < -0.39 is 35.9 Å². The van der Waals surface area contributed by atoms with Crippen molar-refractivity contribution in [3.05, 3.63) is 0 Å². The van der Waals surface area contributed by atoms with Crippen molar-refractivity contribution in [3.63, 3.8) is 0 Å². The van der Waals surface area contributed by atoms with Gasteiger partial charge in [0, 0.05) is 18.5 Å². The van der Waals surface area contributed by atoms with E-state index in [-0.39, 0.29) is 12.5 Å². The van der Waals surface area contributed by atoms with Crippen molar-refractivity contribution in [1.29, 1.82) is 0 Å². The summed E-state index contributed by atoms with van der Waals surface area (Å²) >= 11 is 0. The standard InChI is InChI=1S/C12H16F3NO3/c1-2-10(3-4-10)8(17)16-6-5-11(7-16,9(18)19)12(13,14)15/h2-7H2,1H3,(H,18,19). The molecule has 108 valence electrons. The van der Waals surface area contributed by atoms with Crippen molar-refractivity contribution in [1.82, 2.24) is 4.90 Å². The second-order valence-corrected chi connectivity index (χ2v) is 5.50. The average Bonchev–Trinajstić information content (AvgIpc) is 2.97. The highest BCUT2D eigenvalue weighted by Gasteiger charge is 2.65. The van der Waals surface area contributed by atoms with Crippen LogP contribution in [0.5, 0.6) is 0 Å². The fraction of sp³-hybridized carbons (Fsp3) is 0.833. The fourth-order valence-corrected chi connectivity index (χ4v) is 2.72. The molecule has 1 aliphatic heterocycles. The molecular weight excluding hydrogens is 263 g/mol. The monoisotopic (exact) mass is 279 g/mol. The lowest BCUT2D eigenvalue weighted by atomic mass is 9.86. The highest BCUT2D eigenvalue weighted by atomic mass is 19.4. The number of alkyl halides is 3. The zero-order chi connectivity index (χ0) is 14.5. The van der Waals surface area contributed by atoms with Gasteiger partial charge in [0.05, 0.1) is 0 Å². The molecule has 2 fully saturated rings. The van der Waals surface area contributed by atoms with E-state index in [9.17, 15) is 22.8 Å². The predicted octanol–water partition coefficient (Wildman–Crippen LogP) is 2.04. The summed E-state index contributed by atoms with van der Waals surface area (Å²) in [6, 6.07) is 0. The van der Waals surface area contributed by atoms with Gasteiger partial charge in [0.1, 0.15) is 0 Å². The Hall–Kier alpha value is -1.27. The van der Waals surface area contributed by atoms with E-state index in [0.717, 1.165) is 4.90 Å². The first kappa shape index (κ1) is 14.1. The Morgan fingerprint density at radius 2 is 1.84 bits per heavy atom. The van der Waals surface area contributed by atoms with Crippen LogP contribution in [-0.4, -0.2) is 41.1 Å². The van der Waals surface area contributed by atoms with Gasteiger partial charge in [0.2, 0.25) is 5.91 Å². The summed E-state index contributed by atoms with van der Waals surface area (Å²) < 4.78 is 38.9. The molecule has 0 aromatic rings. The van der Waals surface area contributed by atoms with Crippen molar-refractivity contribution in [2.45, 2.75) is 38.8 Å². The van der Waals surface area contributed by atoms with Crippen LogP contribution in [0.4, 0.5) is 13.2 Å². The third kappa shape index (κ3) is 1.99. The minimum atomic E-state index is -4.84. The van der Waals surface area contributed by atoms with E-state index in [1.807, 2.05) is 6.92 Å². The lowest BCUT2D eigenvalue weighted by Gasteiger charge is -2.28. The molecule has 1 saturated carbocycles. The normalized spacial score (nSPS) is 29.4. The van der Waals surface area contributed by atoms with Gasteiger partial charge in [-0.1, -0.05) is 6.92 Å². The number of halogens is 3. The molecule has 1 aliphatic carbocycles. The van der Waals surface area contributed by atoms with E-state index >= 15 is 0 Å². The molecular formula is C12H16F3NO3. The van der Waals surface area contributed by atoms with Crippen molar-refractivity contribution >= 4 is 11.9 Å². The van der Waals surface area contributed by atoms with Crippen molar-refractivity contribution in [2.75, 3.05) is 13.1 Å². The van der Waals surface area contributed by atoms with Crippen LogP contribution < -0.4 is 0 Å². The summed E-state index contributed by atoms with van der Waals surface area (Å²) in [5, 5.41) is 8.92. The number of carbonyl (C=O) groups is 2. The SMILES string of the molecule is CCC1(C(=O)N2CCC(C(=O)O)(C(F)(F)F)C2)CC1. The Morgan fingerprint density at radius 3 is 2.16 bits per heavy atom. The van der Waals surface area contributed by atoms with Crippen LogP contribution in [0, 0.1) is 10.8 Å². The van der Waals surface area contributed by atoms with Crippen LogP contribution >= 0.6 is 0 Å². The van der Waals surface area contributed by atoms with E-state index in [1.165, 1.54) is 0 Å². The molecule has 2 aliphatic rings. The van der Waals surface area contributed by atoms with Crippen molar-refractivity contribution in [2.24, 2.45) is 10.8 Å². The van der Waals surface area contributed by atoms with Gasteiger partial charge in [0.15, 0.2) is 5.41 Å². The Balaban J connectivity index is 2.18. The van der Waals surface area contributed by atoms with E-state index in [0.29, 0.717) is 19.3 Å². The molecule has 1 amide bonds. The molecule has 1 N–H and O–H groups in total. The Bertz CT molecular complexity index is 417. The summed E-state index contributed by atoms with van der Waals surface area (Å²) in [6.07, 6.45) is -3.43. The molecule has 0 radical (unpaired) electrons. The number of likely N-dealkylation sites (tertiary alicyclic amines) is 1. The maximum atomic E-state index is 13.0. The average molecular weight is 279 g/mol. The van der Waals surface area contributed by atoms with E-state index in [4.69, 9.17) is 5.11 Å². The Kier molecular flexibility index (Phi) is 3.06. The van der Waals surface area contributed by atoms with Gasteiger partial charge in [-0.3, -0.25) is 9.59 Å². The molecule has 2 rings (SSSR count). The molecule has 1 atom stereocenters. The summed E-state index contributed by atoms with van der Waals surface area (Å²) in [5.74, 6) is -2.21. The molecule has 0 aromatic heterocycles. The lowest BCUT2D eigenvalue weighted by molar-refractivity contribution is -0.227. The topological polar surface area (TPSA) is 57.6 Å². The number of hydrogen-bond acceptors (Lipinski definition) is 2. The third-order valence-electron chi connectivity index (χ3n) is 4.49. The molecule has 1 heterocycles. The van der Waals surface area contributed by atoms with Gasteiger partial charge in [0.25, 0.3) is 0 Å². The number of aliphatic carboxylic acids is 1. The maximum absolute atomic E-state index is 13.0. The fourth-order valence-electron chi connectivity index (χ4n) is 2.72. The van der Waals surface area contributed by atoms with Crippen LogP contribution in [0.1, 0.15) is 32.6 Å². The van der Waals surface area contributed by atoms with E-state index in [1.54, 1.807) is 0 Å². The van der Waals surface area contributed by atoms with Gasteiger partial charge in [-0.25, -0.2) is 0 Å². The molecule has 1 saturated heterocycles. The van der Waals surface area contributed by atoms with E-state index in [2.05, 4.69) is 0 Å². The second kappa shape index (κ2) is 4.11. The largest absolute Gasteiger partial charge is 0.481 e. The molecule has 0 aromatic carbocycles. The van der Waals surface area contributed by atoms with Crippen LogP contribution in [-0.2, 0) is 9.59 Å². The highest BCUT2D eigenvalue weighted by Crippen LogP contribution is 2.52. The van der Waals surface area contributed by atoms with Crippen molar-refractivity contribution in [3.8, 4) is 0 Å². The Labute approximate surface area is 108 Å². The summed E-state index contributed by atoms with van der Waals surface area (Å²) in [7, 11) is 0. The quantitative estimate of drug-likeness (QED) is 0.860. The zero-order valence-corrected chi connectivity index (χ0v) is 10.6. The third-order valence-corrected chi connectivity index (χ3v) is 4.49. The van der Waals surface area contributed by atoms with Gasteiger partial charge in [-0.15, -0.1) is 0 Å². The summed E-state index contributed by atoms with van der Waals surface area (Å²) in [6.45, 7) is 0.938. The second-order valence-electron chi connectivity index (χ2n) is 5.50. The van der Waals surface area contributed by atoms with Gasteiger partial charge < -0.3 is 10.0 Å². The molecule has 0 bridgehead atoms. The van der Waals surface area contributed by atoms with Crippen LogP contribution in [0.25, 0.3) is 0 Å². The minimum Gasteiger partial charge on any atom is -0.481 e. The molecule has 1 unspecified atom stereocenters. The van der Waals surface area contributed by atoms with Crippen LogP contribution in [0.2, 0.25) is 0 Å². The lowest BCUT2D eigenvalue weighted by Crippen LogP contribution is -2.48. The predicted molar refractivity (Wildman–Crippen MR) is 59.3 cm³/mol. The van der Waals surface area contributed by atoms with Crippen molar-refractivity contribution < 1.29 is 27.9 Å². The molecule has 0 spiro atoms. The number of carboxylic acid groups (broad SMARTS) is 1. The first-order chi connectivity index (χ1) is 8.68. The molecule has 7 heteroatoms. The number of amides is 1. The minimum absolute atomic E-state index is 0.133. The van der Waals surface area contributed by atoms with Gasteiger partial charge in [-0.05, 0) is 25.7 Å². The first-order valence-electron chi connectivity index (χ1n) is 6.28. The molecule has 19 heavy (non-hydrogen) atoms. The smallest absolute Gasteiger partial charge is 0.406 e. The zero-order valence-electron chi connectivity index (χ0n) is 10.6. The number of nitrogens with zero attached hydrogens (tertiary/aromatic N) is 1. The molecule has 4 nitrogen and oxygen atoms in total. The Morgan fingerprint density at radius 1 is 1.26 bits per heavy atom. The first-order valence-corrected chi connectivity index (χ1v) is 6.28. The number of rotatable bonds is 3. The number of carboxylic acids is 1. The highest BCUT2D eigenvalue weighted by molar-refractivity contribution is 5.87. The maximum Gasteiger partial charge on any atom is 0.406 e.